The average Bonchev–Trinajstić information content (AvgIpc) is 3.39. The number of halogens is 4. The first-order chi connectivity index (χ1) is 17.0. The van der Waals surface area contributed by atoms with Crippen LogP contribution in [0.3, 0.4) is 0 Å². The van der Waals surface area contributed by atoms with Crippen LogP contribution in [-0.4, -0.2) is 42.0 Å². The van der Waals surface area contributed by atoms with Gasteiger partial charge in [-0.3, -0.25) is 0 Å². The van der Waals surface area contributed by atoms with Gasteiger partial charge in [-0.25, -0.2) is 9.47 Å². The highest BCUT2D eigenvalue weighted by molar-refractivity contribution is 7.21. The number of aromatic nitrogens is 1. The Balaban J connectivity index is 0.000000556. The van der Waals surface area contributed by atoms with Crippen molar-refractivity contribution in [3.05, 3.63) is 83.9 Å². The summed E-state index contributed by atoms with van der Waals surface area (Å²) in [7, 11) is 2.36. The number of hydrogen-bond acceptors (Lipinski definition) is 4. The van der Waals surface area contributed by atoms with Crippen LogP contribution in [0.2, 0.25) is 0 Å². The normalized spacial score (nSPS) is 13.0. The first-order valence-corrected chi connectivity index (χ1v) is 12.4. The Kier molecular flexibility index (Phi) is 7.45. The van der Waals surface area contributed by atoms with Crippen molar-refractivity contribution in [1.29, 1.82) is 0 Å². The molecule has 0 N–H and O–H groups in total. The number of rotatable bonds is 5. The third kappa shape index (κ3) is 5.75. The zero-order chi connectivity index (χ0) is 26.0. The summed E-state index contributed by atoms with van der Waals surface area (Å²) >= 11 is 1.90. The summed E-state index contributed by atoms with van der Waals surface area (Å²) in [4.78, 5) is 6.89. The topological polar surface area (TPSA) is 13.6 Å². The highest BCUT2D eigenvalue weighted by Gasteiger charge is 2.39. The molecule has 0 unspecified atom stereocenters. The van der Waals surface area contributed by atoms with E-state index in [0.29, 0.717) is 0 Å². The van der Waals surface area contributed by atoms with E-state index >= 15 is 0 Å². The second-order valence-corrected chi connectivity index (χ2v) is 10.1. The Morgan fingerprint density at radius 3 is 1.72 bits per heavy atom. The van der Waals surface area contributed by atoms with Gasteiger partial charge < -0.3 is 27.1 Å². The lowest BCUT2D eigenvalue weighted by Gasteiger charge is -2.24. The van der Waals surface area contributed by atoms with E-state index in [1.165, 1.54) is 37.8 Å². The molecule has 190 valence electrons. The molecule has 0 amide bonds. The highest BCUT2D eigenvalue weighted by Crippen LogP contribution is 2.39. The maximum atomic E-state index is 9.75. The second-order valence-electron chi connectivity index (χ2n) is 9.07. The summed E-state index contributed by atoms with van der Waals surface area (Å²) in [5.74, 6) is 0. The second kappa shape index (κ2) is 10.4. The van der Waals surface area contributed by atoms with Gasteiger partial charge in [-0.1, -0.05) is 36.4 Å². The van der Waals surface area contributed by atoms with Gasteiger partial charge in [0.25, 0.3) is 0 Å². The van der Waals surface area contributed by atoms with E-state index in [2.05, 4.69) is 120 Å². The van der Waals surface area contributed by atoms with Crippen LogP contribution < -0.4 is 19.3 Å². The molecule has 1 aliphatic heterocycles. The molecule has 4 nitrogen and oxygen atoms in total. The average molecular weight is 516 g/mol. The van der Waals surface area contributed by atoms with E-state index in [1.54, 1.807) is 0 Å². The Bertz CT molecular complexity index is 1250. The van der Waals surface area contributed by atoms with Crippen LogP contribution in [0, 0.1) is 0 Å². The number of anilines is 3. The van der Waals surface area contributed by atoms with E-state index in [0.717, 1.165) is 13.1 Å². The van der Waals surface area contributed by atoms with Gasteiger partial charge in [0.2, 0.25) is 0 Å². The number of hydrogen-bond donors (Lipinski definition) is 0. The van der Waals surface area contributed by atoms with Crippen LogP contribution in [0.5, 0.6) is 0 Å². The van der Waals surface area contributed by atoms with Gasteiger partial charge in [0, 0.05) is 50.7 Å². The molecule has 36 heavy (non-hydrogen) atoms. The first-order valence-electron chi connectivity index (χ1n) is 11.6. The van der Waals surface area contributed by atoms with Gasteiger partial charge in [0.1, 0.15) is 24.6 Å². The fraction of sp³-hybridized carbons (Fsp3) is 0.269. The number of benzene rings is 3. The van der Waals surface area contributed by atoms with E-state index in [9.17, 15) is 17.3 Å². The maximum Gasteiger partial charge on any atom is 0.673 e. The molecule has 0 radical (unpaired) electrons. The van der Waals surface area contributed by atoms with Crippen molar-refractivity contribution in [2.75, 3.05) is 49.4 Å². The molecule has 0 fully saturated rings. The zero-order valence-corrected chi connectivity index (χ0v) is 21.5. The van der Waals surface area contributed by atoms with Crippen molar-refractivity contribution in [3.63, 3.8) is 0 Å². The van der Waals surface area contributed by atoms with Gasteiger partial charge in [-0.2, -0.15) is 0 Å². The summed E-state index contributed by atoms with van der Waals surface area (Å²) < 4.78 is 42.8. The third-order valence-electron chi connectivity index (χ3n) is 6.16. The van der Waals surface area contributed by atoms with Crippen LogP contribution in [0.4, 0.5) is 33.8 Å². The molecule has 2 heterocycles. The monoisotopic (exact) mass is 516 g/mol. The Labute approximate surface area is 213 Å². The molecule has 0 bridgehead atoms. The standard InChI is InChI=1S/C26H29N4S.BF4/c1-27(2)21-13-9-19(10-14-21)25(20-11-15-22(16-12-20)28(3)4)30-18-17-29-23-7-5-6-8-24(23)31-26(29)30;2-1(3,4)5/h5-16,25H,17-18H2,1-4H3;/q+1;-1. The SMILES string of the molecule is CN(C)c1ccc(C(c2ccc(N(C)C)cc2)N2CC[n+]3c2sc2ccccc23)cc1.F[B-](F)(F)F. The fourth-order valence-electron chi connectivity index (χ4n) is 4.46. The lowest BCUT2D eigenvalue weighted by molar-refractivity contribution is -0.641. The molecule has 1 aromatic heterocycles. The molecular weight excluding hydrogens is 487 g/mol. The minimum atomic E-state index is -6.00. The number of nitrogens with zero attached hydrogens (tertiary/aromatic N) is 4. The molecule has 0 atom stereocenters. The van der Waals surface area contributed by atoms with E-state index in [-0.39, 0.29) is 6.04 Å². The van der Waals surface area contributed by atoms with Crippen molar-refractivity contribution in [2.45, 2.75) is 12.6 Å². The molecule has 0 aliphatic carbocycles. The smallest absolute Gasteiger partial charge is 0.418 e. The Morgan fingerprint density at radius 2 is 1.25 bits per heavy atom. The quantitative estimate of drug-likeness (QED) is 0.178. The minimum Gasteiger partial charge on any atom is -0.418 e. The summed E-state index contributed by atoms with van der Waals surface area (Å²) in [6.07, 6.45) is 0. The molecule has 0 saturated carbocycles. The zero-order valence-electron chi connectivity index (χ0n) is 20.7. The largest absolute Gasteiger partial charge is 0.673 e. The van der Waals surface area contributed by atoms with Gasteiger partial charge in [-0.15, -0.1) is 0 Å². The molecule has 4 aromatic rings. The summed E-state index contributed by atoms with van der Waals surface area (Å²) in [5.41, 5.74) is 6.45. The minimum absolute atomic E-state index is 0.189. The third-order valence-corrected chi connectivity index (χ3v) is 7.36. The van der Waals surface area contributed by atoms with Crippen LogP contribution in [-0.2, 0) is 6.54 Å². The Morgan fingerprint density at radius 1 is 0.778 bits per heavy atom. The van der Waals surface area contributed by atoms with Crippen molar-refractivity contribution < 1.29 is 21.8 Å². The van der Waals surface area contributed by atoms with E-state index in [4.69, 9.17) is 0 Å². The summed E-state index contributed by atoms with van der Waals surface area (Å²) in [5, 5.41) is 1.35. The van der Waals surface area contributed by atoms with Gasteiger partial charge in [-0.05, 0) is 47.7 Å². The van der Waals surface area contributed by atoms with Gasteiger partial charge in [0.15, 0.2) is 0 Å². The van der Waals surface area contributed by atoms with Crippen LogP contribution in [0.25, 0.3) is 10.2 Å². The molecule has 1 aliphatic rings. The molecule has 10 heteroatoms. The molecule has 0 saturated heterocycles. The molecule has 0 spiro atoms. The van der Waals surface area contributed by atoms with Gasteiger partial charge in [0.05, 0.1) is 4.70 Å². The van der Waals surface area contributed by atoms with Crippen LogP contribution in [0.1, 0.15) is 17.2 Å². The van der Waals surface area contributed by atoms with E-state index in [1.807, 2.05) is 11.3 Å². The van der Waals surface area contributed by atoms with Crippen molar-refractivity contribution in [1.82, 2.24) is 0 Å². The lowest BCUT2D eigenvalue weighted by atomic mass is 9.96. The maximum absolute atomic E-state index is 9.75. The summed E-state index contributed by atoms with van der Waals surface area (Å²) in [6, 6.07) is 27.0. The number of thiazole rings is 1. The Hall–Kier alpha value is -3.27. The van der Waals surface area contributed by atoms with Crippen LogP contribution >= 0.6 is 11.3 Å². The van der Waals surface area contributed by atoms with Crippen molar-refractivity contribution in [2.24, 2.45) is 0 Å². The number of para-hydroxylation sites is 1. The molecule has 3 aromatic carbocycles. The number of fused-ring (bicyclic) bond motifs is 3. The van der Waals surface area contributed by atoms with Gasteiger partial charge >= 0.3 is 12.4 Å². The van der Waals surface area contributed by atoms with Crippen molar-refractivity contribution in [3.8, 4) is 0 Å². The predicted octanol–water partition coefficient (Wildman–Crippen LogP) is 6.23. The predicted molar refractivity (Wildman–Crippen MR) is 143 cm³/mol. The molecule has 5 rings (SSSR count). The summed E-state index contributed by atoms with van der Waals surface area (Å²) in [6.45, 7) is 2.05. The lowest BCUT2D eigenvalue weighted by Crippen LogP contribution is -2.29. The fourth-order valence-corrected chi connectivity index (χ4v) is 5.70. The van der Waals surface area contributed by atoms with Crippen LogP contribution in [0.15, 0.2) is 72.8 Å². The molecular formula is C26H29BF4N4S. The highest BCUT2D eigenvalue weighted by atomic mass is 32.1. The van der Waals surface area contributed by atoms with E-state index < -0.39 is 7.25 Å². The first kappa shape index (κ1) is 25.8. The van der Waals surface area contributed by atoms with Crippen molar-refractivity contribution >= 4 is 45.3 Å².